The molecule has 1 aromatic heterocycles. The number of nitrogens with zero attached hydrogens (tertiary/aromatic N) is 1. The number of rotatable bonds is 5. The van der Waals surface area contributed by atoms with Gasteiger partial charge in [-0.1, -0.05) is 22.0 Å². The summed E-state index contributed by atoms with van der Waals surface area (Å²) in [4.78, 5) is 17.2. The third kappa shape index (κ3) is 4.86. The molecule has 2 rings (SSSR count). The summed E-state index contributed by atoms with van der Waals surface area (Å²) in [5.41, 5.74) is 2.18. The third-order valence-corrected chi connectivity index (χ3v) is 4.73. The minimum Gasteiger partial charge on any atom is -0.349 e. The van der Waals surface area contributed by atoms with E-state index in [9.17, 15) is 4.79 Å². The molecule has 5 heteroatoms. The highest BCUT2D eigenvalue weighted by atomic mass is 79.9. The van der Waals surface area contributed by atoms with E-state index in [1.54, 1.807) is 24.2 Å². The van der Waals surface area contributed by atoms with E-state index in [1.165, 1.54) is 5.56 Å². The zero-order chi connectivity index (χ0) is 15.2. The number of carbonyl (C=O) groups excluding carboxylic acids is 1. The van der Waals surface area contributed by atoms with Crippen LogP contribution >= 0.6 is 27.7 Å². The standard InChI is InChI=1S/C16H17BrN2OS/c1-11-8-14(17)5-6-15(11)21-10-16(20)19-12(2)13-4-3-7-18-9-13/h3-9,12H,10H2,1-2H3,(H,19,20). The Balaban J connectivity index is 1.87. The van der Waals surface area contributed by atoms with Crippen molar-refractivity contribution < 1.29 is 4.79 Å². The highest BCUT2D eigenvalue weighted by Gasteiger charge is 2.10. The van der Waals surface area contributed by atoms with E-state index in [4.69, 9.17) is 0 Å². The van der Waals surface area contributed by atoms with E-state index in [2.05, 4.69) is 32.3 Å². The van der Waals surface area contributed by atoms with Crippen molar-refractivity contribution in [3.05, 3.63) is 58.3 Å². The summed E-state index contributed by atoms with van der Waals surface area (Å²) < 4.78 is 1.05. The Kier molecular flexibility index (Phi) is 5.82. The van der Waals surface area contributed by atoms with E-state index >= 15 is 0 Å². The Bertz CT molecular complexity index is 619. The maximum atomic E-state index is 12.0. The van der Waals surface area contributed by atoms with Gasteiger partial charge in [-0.05, 0) is 49.2 Å². The Morgan fingerprint density at radius 3 is 2.90 bits per heavy atom. The van der Waals surface area contributed by atoms with Crippen molar-refractivity contribution in [2.24, 2.45) is 0 Å². The van der Waals surface area contributed by atoms with Gasteiger partial charge < -0.3 is 5.32 Å². The van der Waals surface area contributed by atoms with Crippen LogP contribution in [0.1, 0.15) is 24.1 Å². The molecule has 21 heavy (non-hydrogen) atoms. The van der Waals surface area contributed by atoms with Crippen molar-refractivity contribution in [1.29, 1.82) is 0 Å². The number of halogens is 1. The fraction of sp³-hybridized carbons (Fsp3) is 0.250. The van der Waals surface area contributed by atoms with Gasteiger partial charge in [0.25, 0.3) is 0 Å². The summed E-state index contributed by atoms with van der Waals surface area (Å²) in [6, 6.07) is 9.88. The quantitative estimate of drug-likeness (QED) is 0.811. The molecule has 0 aliphatic carbocycles. The van der Waals surface area contributed by atoms with E-state index in [1.807, 2.05) is 38.1 Å². The Labute approximate surface area is 137 Å². The Morgan fingerprint density at radius 2 is 2.24 bits per heavy atom. The van der Waals surface area contributed by atoms with Crippen LogP contribution in [0.2, 0.25) is 0 Å². The highest BCUT2D eigenvalue weighted by Crippen LogP contribution is 2.25. The number of hydrogen-bond acceptors (Lipinski definition) is 3. The van der Waals surface area contributed by atoms with Gasteiger partial charge in [-0.25, -0.2) is 0 Å². The topological polar surface area (TPSA) is 42.0 Å². The summed E-state index contributed by atoms with van der Waals surface area (Å²) in [6.07, 6.45) is 3.50. The van der Waals surface area contributed by atoms with Crippen molar-refractivity contribution >= 4 is 33.6 Å². The first-order chi connectivity index (χ1) is 10.1. The number of pyridine rings is 1. The molecule has 1 amide bonds. The van der Waals surface area contributed by atoms with E-state index in [-0.39, 0.29) is 11.9 Å². The summed E-state index contributed by atoms with van der Waals surface area (Å²) in [5, 5.41) is 2.99. The number of aryl methyl sites for hydroxylation is 1. The monoisotopic (exact) mass is 364 g/mol. The number of hydrogen-bond donors (Lipinski definition) is 1. The van der Waals surface area contributed by atoms with Crippen LogP contribution < -0.4 is 5.32 Å². The summed E-state index contributed by atoms with van der Waals surface area (Å²) in [5.74, 6) is 0.436. The van der Waals surface area contributed by atoms with E-state index in [0.717, 1.165) is 14.9 Å². The fourth-order valence-corrected chi connectivity index (χ4v) is 3.21. The number of carbonyl (C=O) groups is 1. The molecule has 0 spiro atoms. The van der Waals surface area contributed by atoms with Gasteiger partial charge in [0.2, 0.25) is 5.91 Å². The highest BCUT2D eigenvalue weighted by molar-refractivity contribution is 9.10. The van der Waals surface area contributed by atoms with Gasteiger partial charge in [-0.3, -0.25) is 9.78 Å². The minimum absolute atomic E-state index is 0.0265. The van der Waals surface area contributed by atoms with Gasteiger partial charge >= 0.3 is 0 Å². The molecular weight excluding hydrogens is 348 g/mol. The van der Waals surface area contributed by atoms with Crippen LogP contribution in [0, 0.1) is 6.92 Å². The van der Waals surface area contributed by atoms with Crippen LogP contribution in [0.3, 0.4) is 0 Å². The van der Waals surface area contributed by atoms with Gasteiger partial charge in [0.1, 0.15) is 0 Å². The molecule has 0 fully saturated rings. The average Bonchev–Trinajstić information content (AvgIpc) is 2.47. The fourth-order valence-electron chi connectivity index (χ4n) is 1.92. The third-order valence-electron chi connectivity index (χ3n) is 3.06. The lowest BCUT2D eigenvalue weighted by Crippen LogP contribution is -2.28. The lowest BCUT2D eigenvalue weighted by Gasteiger charge is -2.14. The number of thioether (sulfide) groups is 1. The average molecular weight is 365 g/mol. The number of aromatic nitrogens is 1. The minimum atomic E-state index is -0.0298. The molecule has 1 unspecified atom stereocenters. The van der Waals surface area contributed by atoms with Crippen LogP contribution in [0.5, 0.6) is 0 Å². The normalized spacial score (nSPS) is 12.0. The Hall–Kier alpha value is -1.33. The van der Waals surface area contributed by atoms with Crippen molar-refractivity contribution in [2.75, 3.05) is 5.75 Å². The second-order valence-corrected chi connectivity index (χ2v) is 6.71. The smallest absolute Gasteiger partial charge is 0.230 e. The molecule has 2 aromatic rings. The number of nitrogens with one attached hydrogen (secondary N) is 1. The molecule has 3 nitrogen and oxygen atoms in total. The van der Waals surface area contributed by atoms with Gasteiger partial charge in [0.05, 0.1) is 11.8 Å². The van der Waals surface area contributed by atoms with Crippen LogP contribution in [0.4, 0.5) is 0 Å². The van der Waals surface area contributed by atoms with Crippen LogP contribution in [0.15, 0.2) is 52.1 Å². The lowest BCUT2D eigenvalue weighted by atomic mass is 10.1. The molecule has 0 aliphatic heterocycles. The molecule has 110 valence electrons. The van der Waals surface area contributed by atoms with Crippen LogP contribution in [-0.2, 0) is 4.79 Å². The number of amides is 1. The SMILES string of the molecule is Cc1cc(Br)ccc1SCC(=O)NC(C)c1cccnc1. The molecule has 0 radical (unpaired) electrons. The molecule has 1 heterocycles. The van der Waals surface area contributed by atoms with Crippen molar-refractivity contribution in [3.8, 4) is 0 Å². The maximum absolute atomic E-state index is 12.0. The second-order valence-electron chi connectivity index (χ2n) is 4.77. The first kappa shape index (κ1) is 16.0. The maximum Gasteiger partial charge on any atom is 0.230 e. The van der Waals surface area contributed by atoms with E-state index in [0.29, 0.717) is 5.75 Å². The molecule has 0 saturated carbocycles. The predicted molar refractivity (Wildman–Crippen MR) is 90.4 cm³/mol. The first-order valence-electron chi connectivity index (χ1n) is 6.64. The summed E-state index contributed by atoms with van der Waals surface area (Å²) in [6.45, 7) is 4.01. The second kappa shape index (κ2) is 7.61. The summed E-state index contributed by atoms with van der Waals surface area (Å²) in [7, 11) is 0. The molecule has 1 aromatic carbocycles. The molecule has 0 saturated heterocycles. The van der Waals surface area contributed by atoms with Crippen LogP contribution in [-0.4, -0.2) is 16.6 Å². The van der Waals surface area contributed by atoms with Gasteiger partial charge in [0.15, 0.2) is 0 Å². The zero-order valence-electron chi connectivity index (χ0n) is 12.0. The zero-order valence-corrected chi connectivity index (χ0v) is 14.4. The van der Waals surface area contributed by atoms with Gasteiger partial charge in [-0.2, -0.15) is 0 Å². The van der Waals surface area contributed by atoms with Crippen molar-refractivity contribution in [2.45, 2.75) is 24.8 Å². The van der Waals surface area contributed by atoms with Gasteiger partial charge in [0, 0.05) is 21.8 Å². The molecular formula is C16H17BrN2OS. The van der Waals surface area contributed by atoms with Gasteiger partial charge in [-0.15, -0.1) is 11.8 Å². The van der Waals surface area contributed by atoms with Crippen molar-refractivity contribution in [1.82, 2.24) is 10.3 Å². The predicted octanol–water partition coefficient (Wildman–Crippen LogP) is 4.12. The molecule has 1 atom stereocenters. The van der Waals surface area contributed by atoms with Crippen LogP contribution in [0.25, 0.3) is 0 Å². The molecule has 0 bridgehead atoms. The van der Waals surface area contributed by atoms with Crippen molar-refractivity contribution in [3.63, 3.8) is 0 Å². The largest absolute Gasteiger partial charge is 0.349 e. The number of benzene rings is 1. The molecule has 0 aliphatic rings. The molecule has 1 N–H and O–H groups in total. The Morgan fingerprint density at radius 1 is 1.43 bits per heavy atom. The lowest BCUT2D eigenvalue weighted by molar-refractivity contribution is -0.119. The van der Waals surface area contributed by atoms with E-state index < -0.39 is 0 Å². The first-order valence-corrected chi connectivity index (χ1v) is 8.42. The summed E-state index contributed by atoms with van der Waals surface area (Å²) >= 11 is 4.99.